The van der Waals surface area contributed by atoms with Crippen LogP contribution in [-0.2, 0) is 23.6 Å². The molecule has 0 aliphatic carbocycles. The highest BCUT2D eigenvalue weighted by Crippen LogP contribution is 2.19. The van der Waals surface area contributed by atoms with Gasteiger partial charge in [-0.3, -0.25) is 18.9 Å². The summed E-state index contributed by atoms with van der Waals surface area (Å²) in [7, 11) is -2.22. The van der Waals surface area contributed by atoms with Crippen LogP contribution in [0.15, 0.2) is 23.5 Å². The van der Waals surface area contributed by atoms with Gasteiger partial charge in [0.25, 0.3) is 15.9 Å². The number of carbonyl (C=O) groups is 1. The first kappa shape index (κ1) is 18.0. The van der Waals surface area contributed by atoms with Crippen LogP contribution < -0.4 is 10.0 Å². The van der Waals surface area contributed by atoms with E-state index < -0.39 is 15.9 Å². The molecule has 0 fully saturated rings. The number of rotatable bonds is 7. The summed E-state index contributed by atoms with van der Waals surface area (Å²) in [6, 6.07) is 0. The fourth-order valence-electron chi connectivity index (χ4n) is 1.95. The molecule has 0 atom stereocenters. The molecule has 2 rings (SSSR count). The maximum atomic E-state index is 12.4. The van der Waals surface area contributed by atoms with Crippen LogP contribution in [0.25, 0.3) is 0 Å². The van der Waals surface area contributed by atoms with Crippen molar-refractivity contribution in [2.45, 2.75) is 32.2 Å². The Morgan fingerprint density at radius 2 is 2.04 bits per heavy atom. The number of nitrogens with zero attached hydrogens (tertiary/aromatic N) is 4. The van der Waals surface area contributed by atoms with E-state index >= 15 is 0 Å². The summed E-state index contributed by atoms with van der Waals surface area (Å²) in [6.45, 7) is 6.78. The van der Waals surface area contributed by atoms with E-state index in [0.29, 0.717) is 13.1 Å². The number of aryl methyl sites for hydroxylation is 2. The number of amides is 1. The van der Waals surface area contributed by atoms with Crippen molar-refractivity contribution in [3.63, 3.8) is 0 Å². The third kappa shape index (κ3) is 4.13. The maximum absolute atomic E-state index is 12.4. The molecule has 0 saturated heterocycles. The Morgan fingerprint density at radius 3 is 2.58 bits per heavy atom. The number of carbonyl (C=O) groups excluding carboxylic acids is 1. The SMILES string of the molecule is CCn1cc(NS(=O)(=O)c2cnn(C)c2)c(C(=O)NCC(C)C)n1. The van der Waals surface area contributed by atoms with Crippen molar-refractivity contribution < 1.29 is 13.2 Å². The van der Waals surface area contributed by atoms with Crippen LogP contribution in [0.3, 0.4) is 0 Å². The normalized spacial score (nSPS) is 11.7. The first-order valence-corrected chi connectivity index (χ1v) is 9.08. The molecule has 132 valence electrons. The number of hydrogen-bond acceptors (Lipinski definition) is 5. The van der Waals surface area contributed by atoms with Gasteiger partial charge in [-0.2, -0.15) is 10.2 Å². The van der Waals surface area contributed by atoms with Gasteiger partial charge in [0.05, 0.1) is 11.9 Å². The fraction of sp³-hybridized carbons (Fsp3) is 0.500. The summed E-state index contributed by atoms with van der Waals surface area (Å²) < 4.78 is 30.1. The van der Waals surface area contributed by atoms with Crippen LogP contribution in [0.2, 0.25) is 0 Å². The van der Waals surface area contributed by atoms with Crippen molar-refractivity contribution in [1.29, 1.82) is 0 Å². The summed E-state index contributed by atoms with van der Waals surface area (Å²) in [5.74, 6) is -0.141. The quantitative estimate of drug-likeness (QED) is 0.765. The van der Waals surface area contributed by atoms with Crippen LogP contribution >= 0.6 is 0 Å². The standard InChI is InChI=1S/C14H22N6O3S/c1-5-20-9-12(13(17-20)14(21)15-6-10(2)3)18-24(22,23)11-7-16-19(4)8-11/h7-10,18H,5-6H2,1-4H3,(H,15,21). The molecule has 0 spiro atoms. The highest BCUT2D eigenvalue weighted by atomic mass is 32.2. The molecule has 2 aromatic heterocycles. The molecule has 24 heavy (non-hydrogen) atoms. The predicted molar refractivity (Wildman–Crippen MR) is 89.1 cm³/mol. The molecular formula is C14H22N6O3S. The Hall–Kier alpha value is -2.36. The zero-order chi connectivity index (χ0) is 17.9. The highest BCUT2D eigenvalue weighted by Gasteiger charge is 2.23. The fourth-order valence-corrected chi connectivity index (χ4v) is 2.98. The molecule has 0 unspecified atom stereocenters. The summed E-state index contributed by atoms with van der Waals surface area (Å²) in [6.07, 6.45) is 4.12. The van der Waals surface area contributed by atoms with E-state index in [1.807, 2.05) is 20.8 Å². The average molecular weight is 354 g/mol. The van der Waals surface area contributed by atoms with Gasteiger partial charge >= 0.3 is 0 Å². The smallest absolute Gasteiger partial charge is 0.273 e. The van der Waals surface area contributed by atoms with Crippen LogP contribution in [-0.4, -0.2) is 40.4 Å². The molecule has 0 saturated carbocycles. The van der Waals surface area contributed by atoms with E-state index in [1.165, 1.54) is 28.0 Å². The van der Waals surface area contributed by atoms with Crippen molar-refractivity contribution in [2.24, 2.45) is 13.0 Å². The number of anilines is 1. The molecule has 0 aliphatic rings. The lowest BCUT2D eigenvalue weighted by Crippen LogP contribution is -2.28. The van der Waals surface area contributed by atoms with Gasteiger partial charge in [-0.25, -0.2) is 8.42 Å². The van der Waals surface area contributed by atoms with E-state index in [-0.39, 0.29) is 22.2 Å². The minimum absolute atomic E-state index is 0.0165. The average Bonchev–Trinajstić information content (AvgIpc) is 3.11. The van der Waals surface area contributed by atoms with Gasteiger partial charge in [0.1, 0.15) is 4.90 Å². The van der Waals surface area contributed by atoms with Crippen LogP contribution in [0, 0.1) is 5.92 Å². The number of nitrogens with one attached hydrogen (secondary N) is 2. The number of hydrogen-bond donors (Lipinski definition) is 2. The number of sulfonamides is 1. The van der Waals surface area contributed by atoms with Crippen molar-refractivity contribution >= 4 is 21.6 Å². The summed E-state index contributed by atoms with van der Waals surface area (Å²) in [5, 5.41) is 10.7. The molecule has 2 N–H and O–H groups in total. The summed E-state index contributed by atoms with van der Waals surface area (Å²) >= 11 is 0. The molecule has 0 bridgehead atoms. The molecule has 1 amide bonds. The molecule has 0 aliphatic heterocycles. The Balaban J connectivity index is 2.29. The molecule has 2 aromatic rings. The van der Waals surface area contributed by atoms with Crippen molar-refractivity contribution in [1.82, 2.24) is 24.9 Å². The molecule has 2 heterocycles. The first-order chi connectivity index (χ1) is 11.2. The maximum Gasteiger partial charge on any atom is 0.273 e. The second kappa shape index (κ2) is 7.04. The number of aromatic nitrogens is 4. The Labute approximate surface area is 141 Å². The Morgan fingerprint density at radius 1 is 1.33 bits per heavy atom. The van der Waals surface area contributed by atoms with Crippen molar-refractivity contribution in [3.8, 4) is 0 Å². The van der Waals surface area contributed by atoms with Gasteiger partial charge in [-0.05, 0) is 12.8 Å². The molecular weight excluding hydrogens is 332 g/mol. The topological polar surface area (TPSA) is 111 Å². The van der Waals surface area contributed by atoms with E-state index in [0.717, 1.165) is 0 Å². The third-order valence-electron chi connectivity index (χ3n) is 3.21. The summed E-state index contributed by atoms with van der Waals surface area (Å²) in [4.78, 5) is 12.3. The van der Waals surface area contributed by atoms with Crippen LogP contribution in [0.4, 0.5) is 5.69 Å². The second-order valence-electron chi connectivity index (χ2n) is 5.81. The van der Waals surface area contributed by atoms with Gasteiger partial charge in [-0.15, -0.1) is 0 Å². The minimum Gasteiger partial charge on any atom is -0.350 e. The van der Waals surface area contributed by atoms with Crippen molar-refractivity contribution in [2.75, 3.05) is 11.3 Å². The highest BCUT2D eigenvalue weighted by molar-refractivity contribution is 7.92. The van der Waals surface area contributed by atoms with Gasteiger partial charge in [0, 0.05) is 32.5 Å². The zero-order valence-corrected chi connectivity index (χ0v) is 15.0. The van der Waals surface area contributed by atoms with Gasteiger partial charge in [-0.1, -0.05) is 13.8 Å². The van der Waals surface area contributed by atoms with Gasteiger partial charge in [0.15, 0.2) is 5.69 Å². The molecule has 0 aromatic carbocycles. The largest absolute Gasteiger partial charge is 0.350 e. The van der Waals surface area contributed by atoms with Crippen LogP contribution in [0.1, 0.15) is 31.3 Å². The van der Waals surface area contributed by atoms with Crippen molar-refractivity contribution in [3.05, 3.63) is 24.3 Å². The summed E-state index contributed by atoms with van der Waals surface area (Å²) in [5.41, 5.74) is 0.187. The molecule has 10 heteroatoms. The van der Waals surface area contributed by atoms with E-state index in [4.69, 9.17) is 0 Å². The predicted octanol–water partition coefficient (Wildman–Crippen LogP) is 0.823. The Bertz CT molecular complexity index is 821. The molecule has 9 nitrogen and oxygen atoms in total. The van der Waals surface area contributed by atoms with E-state index in [9.17, 15) is 13.2 Å². The van der Waals surface area contributed by atoms with Gasteiger partial charge in [0.2, 0.25) is 0 Å². The minimum atomic E-state index is -3.84. The van der Waals surface area contributed by atoms with E-state index in [2.05, 4.69) is 20.2 Å². The Kier molecular flexibility index (Phi) is 5.27. The first-order valence-electron chi connectivity index (χ1n) is 7.60. The lowest BCUT2D eigenvalue weighted by molar-refractivity contribution is 0.0944. The zero-order valence-electron chi connectivity index (χ0n) is 14.1. The second-order valence-corrected chi connectivity index (χ2v) is 7.49. The van der Waals surface area contributed by atoms with Crippen LogP contribution in [0.5, 0.6) is 0 Å². The lowest BCUT2D eigenvalue weighted by atomic mass is 10.2. The lowest BCUT2D eigenvalue weighted by Gasteiger charge is -2.08. The van der Waals surface area contributed by atoms with Gasteiger partial charge < -0.3 is 5.32 Å². The third-order valence-corrected chi connectivity index (χ3v) is 4.53. The molecule has 0 radical (unpaired) electrons. The monoisotopic (exact) mass is 354 g/mol. The van der Waals surface area contributed by atoms with E-state index in [1.54, 1.807) is 7.05 Å².